The van der Waals surface area contributed by atoms with Crippen LogP contribution in [0.15, 0.2) is 79.1 Å². The molecule has 5 rings (SSSR count). The molecule has 0 unspecified atom stereocenters. The number of nitrogens with two attached hydrogens (primary N) is 1. The van der Waals surface area contributed by atoms with Gasteiger partial charge in [-0.25, -0.2) is 9.97 Å². The van der Waals surface area contributed by atoms with E-state index >= 15 is 0 Å². The third-order valence-electron chi connectivity index (χ3n) is 6.43. The average Bonchev–Trinajstić information content (AvgIpc) is 2.88. The highest BCUT2D eigenvalue weighted by atomic mass is 19.4. The van der Waals surface area contributed by atoms with Gasteiger partial charge in [-0.05, 0) is 58.0 Å². The SMILES string of the molecule is NC(=O)c1c(-c2ccc(C(F)(F)F)cc2)cccc1-c1ccc2c(c1)CCN(Cc1ncccn1)C2. The zero-order chi connectivity index (χ0) is 25.3. The number of aromatic nitrogens is 2. The van der Waals surface area contributed by atoms with Crippen LogP contribution in [0.4, 0.5) is 13.2 Å². The number of fused-ring (bicyclic) bond motifs is 1. The van der Waals surface area contributed by atoms with E-state index in [4.69, 9.17) is 5.73 Å². The van der Waals surface area contributed by atoms with Crippen LogP contribution in [0.2, 0.25) is 0 Å². The molecule has 3 aromatic carbocycles. The first-order valence-corrected chi connectivity index (χ1v) is 11.5. The Balaban J connectivity index is 1.46. The average molecular weight is 489 g/mol. The summed E-state index contributed by atoms with van der Waals surface area (Å²) in [7, 11) is 0. The number of halogens is 3. The Labute approximate surface area is 206 Å². The van der Waals surface area contributed by atoms with Crippen molar-refractivity contribution in [3.8, 4) is 22.3 Å². The van der Waals surface area contributed by atoms with Crippen LogP contribution in [0, 0.1) is 0 Å². The molecule has 0 saturated heterocycles. The first-order chi connectivity index (χ1) is 17.3. The number of alkyl halides is 3. The molecule has 0 radical (unpaired) electrons. The molecule has 1 aliphatic heterocycles. The molecule has 1 aliphatic rings. The second kappa shape index (κ2) is 9.54. The van der Waals surface area contributed by atoms with E-state index in [-0.39, 0.29) is 5.56 Å². The van der Waals surface area contributed by atoms with E-state index in [9.17, 15) is 18.0 Å². The van der Waals surface area contributed by atoms with Crippen molar-refractivity contribution >= 4 is 5.91 Å². The third-order valence-corrected chi connectivity index (χ3v) is 6.43. The molecule has 0 spiro atoms. The summed E-state index contributed by atoms with van der Waals surface area (Å²) in [5.41, 5.74) is 10.2. The normalized spacial score (nSPS) is 13.9. The van der Waals surface area contributed by atoms with Gasteiger partial charge in [0.15, 0.2) is 0 Å². The smallest absolute Gasteiger partial charge is 0.366 e. The lowest BCUT2D eigenvalue weighted by atomic mass is 9.88. The van der Waals surface area contributed by atoms with Gasteiger partial charge in [-0.1, -0.05) is 48.5 Å². The lowest BCUT2D eigenvalue weighted by molar-refractivity contribution is -0.137. The minimum Gasteiger partial charge on any atom is -0.366 e. The molecule has 5 nitrogen and oxygen atoms in total. The molecule has 8 heteroatoms. The van der Waals surface area contributed by atoms with Crippen LogP contribution >= 0.6 is 0 Å². The molecule has 1 amide bonds. The lowest BCUT2D eigenvalue weighted by Crippen LogP contribution is -2.30. The van der Waals surface area contributed by atoms with Crippen molar-refractivity contribution in [1.29, 1.82) is 0 Å². The molecule has 2 N–H and O–H groups in total. The predicted octanol–water partition coefficient (Wildman–Crippen LogP) is 5.49. The summed E-state index contributed by atoms with van der Waals surface area (Å²) in [6.07, 6.45) is -0.122. The van der Waals surface area contributed by atoms with Crippen molar-refractivity contribution in [3.05, 3.63) is 107 Å². The van der Waals surface area contributed by atoms with Crippen molar-refractivity contribution in [1.82, 2.24) is 14.9 Å². The zero-order valence-corrected chi connectivity index (χ0v) is 19.3. The van der Waals surface area contributed by atoms with Crippen molar-refractivity contribution in [3.63, 3.8) is 0 Å². The number of amides is 1. The largest absolute Gasteiger partial charge is 0.416 e. The van der Waals surface area contributed by atoms with Crippen molar-refractivity contribution in [2.24, 2.45) is 5.73 Å². The van der Waals surface area contributed by atoms with E-state index in [0.29, 0.717) is 23.2 Å². The summed E-state index contributed by atoms with van der Waals surface area (Å²) in [5.74, 6) is 0.149. The van der Waals surface area contributed by atoms with E-state index in [1.54, 1.807) is 30.6 Å². The zero-order valence-electron chi connectivity index (χ0n) is 19.3. The molecule has 182 valence electrons. The van der Waals surface area contributed by atoms with Crippen molar-refractivity contribution in [2.45, 2.75) is 25.7 Å². The van der Waals surface area contributed by atoms with Gasteiger partial charge in [-0.2, -0.15) is 13.2 Å². The first kappa shape index (κ1) is 23.7. The predicted molar refractivity (Wildman–Crippen MR) is 131 cm³/mol. The molecule has 0 fully saturated rings. The molecular weight excluding hydrogens is 465 g/mol. The van der Waals surface area contributed by atoms with E-state index in [2.05, 4.69) is 27.0 Å². The number of nitrogens with zero attached hydrogens (tertiary/aromatic N) is 3. The Morgan fingerprint density at radius 3 is 2.22 bits per heavy atom. The Bertz CT molecular complexity index is 1400. The quantitative estimate of drug-likeness (QED) is 0.404. The monoisotopic (exact) mass is 488 g/mol. The van der Waals surface area contributed by atoms with Gasteiger partial charge in [0.2, 0.25) is 5.91 Å². The summed E-state index contributed by atoms with van der Waals surface area (Å²) in [5, 5.41) is 0. The topological polar surface area (TPSA) is 72.1 Å². The summed E-state index contributed by atoms with van der Waals surface area (Å²) in [6.45, 7) is 2.29. The molecule has 0 saturated carbocycles. The Kier molecular flexibility index (Phi) is 6.28. The second-order valence-corrected chi connectivity index (χ2v) is 8.78. The maximum absolute atomic E-state index is 13.0. The molecular formula is C28H23F3N4O. The van der Waals surface area contributed by atoms with E-state index < -0.39 is 17.6 Å². The summed E-state index contributed by atoms with van der Waals surface area (Å²) >= 11 is 0. The maximum atomic E-state index is 13.0. The van der Waals surface area contributed by atoms with Gasteiger partial charge in [0.25, 0.3) is 0 Å². The number of carbonyl (C=O) groups excluding carboxylic acids is 1. The highest BCUT2D eigenvalue weighted by molar-refractivity contribution is 6.06. The molecule has 4 aromatic rings. The number of benzene rings is 3. The fourth-order valence-corrected chi connectivity index (χ4v) is 4.66. The fourth-order valence-electron chi connectivity index (χ4n) is 4.66. The van der Waals surface area contributed by atoms with Gasteiger partial charge < -0.3 is 5.73 Å². The van der Waals surface area contributed by atoms with E-state index in [0.717, 1.165) is 43.0 Å². The Morgan fingerprint density at radius 1 is 0.889 bits per heavy atom. The van der Waals surface area contributed by atoms with Gasteiger partial charge in [0, 0.05) is 25.5 Å². The van der Waals surface area contributed by atoms with Gasteiger partial charge in [-0.3, -0.25) is 9.69 Å². The highest BCUT2D eigenvalue weighted by Gasteiger charge is 2.30. The minimum absolute atomic E-state index is 0.288. The van der Waals surface area contributed by atoms with Crippen LogP contribution in [-0.2, 0) is 25.7 Å². The van der Waals surface area contributed by atoms with Crippen LogP contribution in [0.25, 0.3) is 22.3 Å². The third kappa shape index (κ3) is 4.85. The van der Waals surface area contributed by atoms with E-state index in [1.807, 2.05) is 12.1 Å². The van der Waals surface area contributed by atoms with Gasteiger partial charge in [0.05, 0.1) is 17.7 Å². The van der Waals surface area contributed by atoms with Gasteiger partial charge >= 0.3 is 6.18 Å². The molecule has 0 aliphatic carbocycles. The number of carbonyl (C=O) groups is 1. The molecule has 36 heavy (non-hydrogen) atoms. The number of hydrogen-bond donors (Lipinski definition) is 1. The molecule has 1 aromatic heterocycles. The number of hydrogen-bond acceptors (Lipinski definition) is 4. The molecule has 2 heterocycles. The standard InChI is InChI=1S/C28H23F3N4O/c29-28(30,31)22-9-7-18(8-10-22)23-3-1-4-24(26(23)27(32)36)20-5-6-21-16-35(14-11-19(21)15-20)17-25-33-12-2-13-34-25/h1-10,12-13,15H,11,14,16-17H2,(H2,32,36). The van der Waals surface area contributed by atoms with E-state index in [1.165, 1.54) is 23.3 Å². The van der Waals surface area contributed by atoms with Crippen LogP contribution in [0.1, 0.15) is 32.9 Å². The first-order valence-electron chi connectivity index (χ1n) is 11.5. The van der Waals surface area contributed by atoms with Crippen molar-refractivity contribution < 1.29 is 18.0 Å². The van der Waals surface area contributed by atoms with Crippen LogP contribution in [0.5, 0.6) is 0 Å². The summed E-state index contributed by atoms with van der Waals surface area (Å²) < 4.78 is 39.0. The molecule has 0 bridgehead atoms. The maximum Gasteiger partial charge on any atom is 0.416 e. The number of primary amides is 1. The van der Waals surface area contributed by atoms with Crippen LogP contribution < -0.4 is 5.73 Å². The highest BCUT2D eigenvalue weighted by Crippen LogP contribution is 2.36. The summed E-state index contributed by atoms with van der Waals surface area (Å²) in [6, 6.07) is 17.9. The molecule has 0 atom stereocenters. The van der Waals surface area contributed by atoms with Gasteiger partial charge in [0.1, 0.15) is 5.82 Å². The Morgan fingerprint density at radius 2 is 1.56 bits per heavy atom. The number of rotatable bonds is 5. The lowest BCUT2D eigenvalue weighted by Gasteiger charge is -2.28. The summed E-state index contributed by atoms with van der Waals surface area (Å²) in [4.78, 5) is 23.4. The minimum atomic E-state index is -4.43. The van der Waals surface area contributed by atoms with Gasteiger partial charge in [-0.15, -0.1) is 0 Å². The fraction of sp³-hybridized carbons (Fsp3) is 0.179. The van der Waals surface area contributed by atoms with Crippen molar-refractivity contribution in [2.75, 3.05) is 6.54 Å². The van der Waals surface area contributed by atoms with Crippen LogP contribution in [-0.4, -0.2) is 27.3 Å². The van der Waals surface area contributed by atoms with Crippen LogP contribution in [0.3, 0.4) is 0 Å². The Hall–Kier alpha value is -4.04. The second-order valence-electron chi connectivity index (χ2n) is 8.78.